The van der Waals surface area contributed by atoms with Gasteiger partial charge in [0.15, 0.2) is 0 Å². The molecule has 0 saturated carbocycles. The summed E-state index contributed by atoms with van der Waals surface area (Å²) in [5.74, 6) is 0. The molecule has 1 heterocycles. The van der Waals surface area contributed by atoms with E-state index in [4.69, 9.17) is 30.1 Å². The summed E-state index contributed by atoms with van der Waals surface area (Å²) < 4.78 is 25.5. The SMILES string of the molecule is CCOP(=S)(OCC)Oc1nsc(OC(C)C)n1. The Morgan fingerprint density at radius 1 is 1.28 bits per heavy atom. The first-order valence-electron chi connectivity index (χ1n) is 5.58. The van der Waals surface area contributed by atoms with Crippen molar-refractivity contribution < 1.29 is 18.3 Å². The van der Waals surface area contributed by atoms with E-state index in [1.54, 1.807) is 0 Å². The van der Waals surface area contributed by atoms with E-state index in [0.717, 1.165) is 11.5 Å². The quantitative estimate of drug-likeness (QED) is 0.684. The largest absolute Gasteiger partial charge is 0.466 e. The molecule has 0 atom stereocenters. The van der Waals surface area contributed by atoms with Crippen molar-refractivity contribution in [3.05, 3.63) is 0 Å². The van der Waals surface area contributed by atoms with Crippen LogP contribution in [0.3, 0.4) is 0 Å². The van der Waals surface area contributed by atoms with Gasteiger partial charge in [-0.3, -0.25) is 9.05 Å². The van der Waals surface area contributed by atoms with E-state index in [-0.39, 0.29) is 12.1 Å². The first-order chi connectivity index (χ1) is 8.49. The maximum absolute atomic E-state index is 5.43. The summed E-state index contributed by atoms with van der Waals surface area (Å²) in [5, 5.41) is 0.439. The van der Waals surface area contributed by atoms with Crippen molar-refractivity contribution in [3.63, 3.8) is 0 Å². The molecular formula is C9H17N2O4PS2. The lowest BCUT2D eigenvalue weighted by Gasteiger charge is -2.18. The molecule has 0 unspecified atom stereocenters. The minimum absolute atomic E-state index is 0.0349. The van der Waals surface area contributed by atoms with Gasteiger partial charge >= 0.3 is 12.7 Å². The Morgan fingerprint density at radius 3 is 2.39 bits per heavy atom. The van der Waals surface area contributed by atoms with Gasteiger partial charge in [0.05, 0.1) is 19.3 Å². The lowest BCUT2D eigenvalue weighted by Crippen LogP contribution is -2.05. The lowest BCUT2D eigenvalue weighted by molar-refractivity contribution is 0.212. The van der Waals surface area contributed by atoms with Gasteiger partial charge in [0.1, 0.15) is 0 Å². The maximum Gasteiger partial charge on any atom is 0.382 e. The molecular weight excluding hydrogens is 295 g/mol. The summed E-state index contributed by atoms with van der Waals surface area (Å²) >= 11 is 6.31. The van der Waals surface area contributed by atoms with Crippen molar-refractivity contribution >= 4 is 30.1 Å². The van der Waals surface area contributed by atoms with Crippen LogP contribution in [0.2, 0.25) is 0 Å². The number of hydrogen-bond acceptors (Lipinski definition) is 8. The lowest BCUT2D eigenvalue weighted by atomic mass is 10.5. The van der Waals surface area contributed by atoms with Crippen LogP contribution in [-0.2, 0) is 20.9 Å². The second kappa shape index (κ2) is 7.35. The number of hydrogen-bond donors (Lipinski definition) is 0. The Labute approximate surface area is 116 Å². The van der Waals surface area contributed by atoms with Crippen LogP contribution in [0.4, 0.5) is 0 Å². The van der Waals surface area contributed by atoms with E-state index < -0.39 is 6.72 Å². The molecule has 0 aliphatic carbocycles. The minimum atomic E-state index is -2.80. The van der Waals surface area contributed by atoms with Crippen molar-refractivity contribution in [2.75, 3.05) is 13.2 Å². The first kappa shape index (κ1) is 15.8. The number of nitrogens with zero attached hydrogens (tertiary/aromatic N) is 2. The number of aromatic nitrogens is 2. The normalized spacial score (nSPS) is 11.8. The Bertz CT molecular complexity index is 403. The van der Waals surface area contributed by atoms with E-state index in [1.165, 1.54) is 0 Å². The Hall–Kier alpha value is -0.270. The molecule has 0 radical (unpaired) electrons. The third-order valence-corrected chi connectivity index (χ3v) is 4.48. The maximum atomic E-state index is 5.43. The average Bonchev–Trinajstić information content (AvgIpc) is 2.64. The molecule has 1 rings (SSSR count). The number of ether oxygens (including phenoxy) is 1. The van der Waals surface area contributed by atoms with Crippen molar-refractivity contribution in [2.45, 2.75) is 33.8 Å². The molecule has 0 aliphatic rings. The second-order valence-electron chi connectivity index (χ2n) is 3.38. The van der Waals surface area contributed by atoms with Crippen LogP contribution in [0.15, 0.2) is 0 Å². The molecule has 0 bridgehead atoms. The molecule has 1 aromatic heterocycles. The molecule has 6 nitrogen and oxygen atoms in total. The van der Waals surface area contributed by atoms with Gasteiger partial charge in [0.25, 0.3) is 5.19 Å². The average molecular weight is 312 g/mol. The predicted octanol–water partition coefficient (Wildman–Crippen LogP) is 3.00. The van der Waals surface area contributed by atoms with Gasteiger partial charge in [-0.25, -0.2) is 0 Å². The third kappa shape index (κ3) is 5.16. The summed E-state index contributed by atoms with van der Waals surface area (Å²) in [4.78, 5) is 4.06. The highest BCUT2D eigenvalue weighted by molar-refractivity contribution is 8.07. The van der Waals surface area contributed by atoms with Gasteiger partial charge in [-0.15, -0.1) is 9.36 Å². The van der Waals surface area contributed by atoms with Gasteiger partial charge in [0.2, 0.25) is 0 Å². The Kier molecular flexibility index (Phi) is 6.45. The summed E-state index contributed by atoms with van der Waals surface area (Å²) in [6.45, 7) is 5.49. The van der Waals surface area contributed by atoms with Crippen LogP contribution in [0, 0.1) is 0 Å². The van der Waals surface area contributed by atoms with Gasteiger partial charge < -0.3 is 9.26 Å². The van der Waals surface area contributed by atoms with Gasteiger partial charge in [0, 0.05) is 23.3 Å². The minimum Gasteiger partial charge on any atom is -0.466 e. The molecule has 9 heteroatoms. The zero-order chi connectivity index (χ0) is 13.6. The second-order valence-corrected chi connectivity index (χ2v) is 7.03. The molecule has 0 N–H and O–H groups in total. The fourth-order valence-electron chi connectivity index (χ4n) is 0.990. The predicted molar refractivity (Wildman–Crippen MR) is 73.8 cm³/mol. The van der Waals surface area contributed by atoms with Crippen LogP contribution >= 0.6 is 18.3 Å². The van der Waals surface area contributed by atoms with Crippen LogP contribution in [0.5, 0.6) is 11.2 Å². The van der Waals surface area contributed by atoms with E-state index >= 15 is 0 Å². The summed E-state index contributed by atoms with van der Waals surface area (Å²) in [5.41, 5.74) is 0. The monoisotopic (exact) mass is 312 g/mol. The molecule has 0 amide bonds. The fourth-order valence-corrected chi connectivity index (χ4v) is 3.56. The molecule has 1 aromatic rings. The Balaban J connectivity index is 2.69. The van der Waals surface area contributed by atoms with Crippen molar-refractivity contribution in [1.29, 1.82) is 0 Å². The summed E-state index contributed by atoms with van der Waals surface area (Å²) in [7, 11) is 0. The molecule has 0 aliphatic heterocycles. The van der Waals surface area contributed by atoms with E-state index in [2.05, 4.69) is 9.36 Å². The van der Waals surface area contributed by atoms with Crippen LogP contribution in [0.25, 0.3) is 0 Å². The topological polar surface area (TPSA) is 62.7 Å². The first-order valence-corrected chi connectivity index (χ1v) is 8.91. The highest BCUT2D eigenvalue weighted by Gasteiger charge is 2.24. The zero-order valence-corrected chi connectivity index (χ0v) is 13.3. The van der Waals surface area contributed by atoms with Crippen molar-refractivity contribution in [3.8, 4) is 11.2 Å². The summed E-state index contributed by atoms with van der Waals surface area (Å²) in [6.07, 6.45) is 0.0349. The van der Waals surface area contributed by atoms with Crippen LogP contribution < -0.4 is 9.26 Å². The van der Waals surface area contributed by atoms with E-state index in [0.29, 0.717) is 18.4 Å². The van der Waals surface area contributed by atoms with Crippen molar-refractivity contribution in [2.24, 2.45) is 0 Å². The fraction of sp³-hybridized carbons (Fsp3) is 0.778. The number of rotatable bonds is 8. The van der Waals surface area contributed by atoms with Gasteiger partial charge in [-0.2, -0.15) is 0 Å². The third-order valence-electron chi connectivity index (χ3n) is 1.49. The molecule has 0 saturated heterocycles. The van der Waals surface area contributed by atoms with Crippen LogP contribution in [-0.4, -0.2) is 28.7 Å². The molecule has 18 heavy (non-hydrogen) atoms. The standard InChI is InChI=1S/C9H17N2O4PS2/c1-5-12-16(17,13-6-2)15-8-10-9(18-11-8)14-7(3)4/h7H,5-6H2,1-4H3. The van der Waals surface area contributed by atoms with E-state index in [1.807, 2.05) is 27.7 Å². The van der Waals surface area contributed by atoms with Gasteiger partial charge in [-0.1, -0.05) is 0 Å². The smallest absolute Gasteiger partial charge is 0.382 e. The van der Waals surface area contributed by atoms with E-state index in [9.17, 15) is 0 Å². The molecule has 104 valence electrons. The molecule has 0 spiro atoms. The molecule has 0 fully saturated rings. The highest BCUT2D eigenvalue weighted by atomic mass is 32.5. The molecule has 0 aromatic carbocycles. The van der Waals surface area contributed by atoms with Gasteiger partial charge in [-0.05, 0) is 27.7 Å². The summed E-state index contributed by atoms with van der Waals surface area (Å²) in [6, 6.07) is 0.140. The van der Waals surface area contributed by atoms with Crippen LogP contribution in [0.1, 0.15) is 27.7 Å². The zero-order valence-electron chi connectivity index (χ0n) is 10.8. The Morgan fingerprint density at radius 2 is 1.89 bits per heavy atom. The van der Waals surface area contributed by atoms with Crippen molar-refractivity contribution in [1.82, 2.24) is 9.36 Å². The highest BCUT2D eigenvalue weighted by Crippen LogP contribution is 2.49.